The fourth-order valence-electron chi connectivity index (χ4n) is 2.63. The molecule has 2 rings (SSSR count). The van der Waals surface area contributed by atoms with Crippen molar-refractivity contribution in [2.45, 2.75) is 47.1 Å². The molecule has 0 saturated carbocycles. The first-order valence-corrected chi connectivity index (χ1v) is 5.81. The summed E-state index contributed by atoms with van der Waals surface area (Å²) in [5, 5.41) is 3.60. The molecular formula is C14H24N2. The van der Waals surface area contributed by atoms with Crippen molar-refractivity contribution < 1.29 is 0 Å². The number of anilines is 1. The number of hydrogen-bond donors (Lipinski definition) is 1. The van der Waals surface area contributed by atoms with E-state index in [2.05, 4.69) is 44.1 Å². The minimum absolute atomic E-state index is 0. The van der Waals surface area contributed by atoms with Crippen LogP contribution in [0.15, 0.2) is 18.5 Å². The van der Waals surface area contributed by atoms with Crippen LogP contribution in [0.1, 0.15) is 46.6 Å². The second-order valence-corrected chi connectivity index (χ2v) is 5.15. The van der Waals surface area contributed by atoms with Gasteiger partial charge in [0, 0.05) is 18.2 Å². The summed E-state index contributed by atoms with van der Waals surface area (Å²) >= 11 is 0. The predicted molar refractivity (Wildman–Crippen MR) is 70.8 cm³/mol. The number of pyridine rings is 1. The lowest BCUT2D eigenvalue weighted by Crippen LogP contribution is -2.29. The molecule has 2 nitrogen and oxygen atoms in total. The van der Waals surface area contributed by atoms with Gasteiger partial charge in [0.05, 0.1) is 11.9 Å². The minimum Gasteiger partial charge on any atom is -0.380 e. The Labute approximate surface area is 99.5 Å². The van der Waals surface area contributed by atoms with Crippen LogP contribution in [-0.2, 0) is 0 Å². The lowest BCUT2D eigenvalue weighted by atomic mass is 9.81. The van der Waals surface area contributed by atoms with Crippen LogP contribution in [0.3, 0.4) is 0 Å². The molecule has 1 aliphatic heterocycles. The number of rotatable bonds is 2. The Bertz CT molecular complexity index is 344. The van der Waals surface area contributed by atoms with Crippen molar-refractivity contribution >= 4 is 5.69 Å². The van der Waals surface area contributed by atoms with Gasteiger partial charge < -0.3 is 5.32 Å². The molecule has 1 aliphatic rings. The van der Waals surface area contributed by atoms with Crippen LogP contribution in [0.2, 0.25) is 0 Å². The summed E-state index contributed by atoms with van der Waals surface area (Å²) in [6.45, 7) is 9.17. The van der Waals surface area contributed by atoms with Crippen LogP contribution in [0, 0.1) is 11.8 Å². The fraction of sp³-hybridized carbons (Fsp3) is 0.643. The lowest BCUT2D eigenvalue weighted by molar-refractivity contribution is 0.385. The van der Waals surface area contributed by atoms with Gasteiger partial charge >= 0.3 is 0 Å². The summed E-state index contributed by atoms with van der Waals surface area (Å²) in [5.41, 5.74) is 2.67. The van der Waals surface area contributed by atoms with Crippen LogP contribution in [0.4, 0.5) is 5.69 Å². The Morgan fingerprint density at radius 2 is 1.88 bits per heavy atom. The van der Waals surface area contributed by atoms with Crippen LogP contribution in [0.25, 0.3) is 0 Å². The molecule has 1 N–H and O–H groups in total. The van der Waals surface area contributed by atoms with E-state index in [1.165, 1.54) is 11.3 Å². The number of fused-ring (bicyclic) bond motifs is 1. The number of nitrogens with zero attached hydrogens (tertiary/aromatic N) is 1. The molecule has 2 unspecified atom stereocenters. The largest absolute Gasteiger partial charge is 0.380 e. The van der Waals surface area contributed by atoms with Gasteiger partial charge in [-0.3, -0.25) is 4.98 Å². The van der Waals surface area contributed by atoms with E-state index in [1.54, 1.807) is 0 Å². The zero-order chi connectivity index (χ0) is 11.0. The van der Waals surface area contributed by atoms with E-state index in [4.69, 9.17) is 0 Å². The molecule has 2 heterocycles. The van der Waals surface area contributed by atoms with E-state index in [9.17, 15) is 0 Å². The first-order chi connectivity index (χ1) is 7.11. The van der Waals surface area contributed by atoms with Gasteiger partial charge in [0.25, 0.3) is 0 Å². The lowest BCUT2D eigenvalue weighted by Gasteiger charge is -2.26. The molecule has 0 spiro atoms. The van der Waals surface area contributed by atoms with Crippen LogP contribution < -0.4 is 5.32 Å². The average molecular weight is 220 g/mol. The average Bonchev–Trinajstić information content (AvgIpc) is 2.56. The minimum atomic E-state index is 0. The van der Waals surface area contributed by atoms with E-state index < -0.39 is 0 Å². The highest BCUT2D eigenvalue weighted by Gasteiger charge is 2.35. The van der Waals surface area contributed by atoms with E-state index >= 15 is 0 Å². The Morgan fingerprint density at radius 1 is 1.19 bits per heavy atom. The summed E-state index contributed by atoms with van der Waals surface area (Å²) in [4.78, 5) is 4.18. The number of nitrogens with one attached hydrogen (secondary N) is 1. The smallest absolute Gasteiger partial charge is 0.0565 e. The van der Waals surface area contributed by atoms with Crippen molar-refractivity contribution in [3.63, 3.8) is 0 Å². The molecule has 90 valence electrons. The summed E-state index contributed by atoms with van der Waals surface area (Å²) in [7, 11) is 0. The Balaban J connectivity index is 0.00000128. The van der Waals surface area contributed by atoms with Crippen LogP contribution in [0.5, 0.6) is 0 Å². The standard InChI is InChI=1S/C13H20N2.CH4/c1-8(2)12-10-5-6-14-7-11(10)15-13(12)9(3)4;/h5-9,12-13,15H,1-4H3;1H4. The zero-order valence-corrected chi connectivity index (χ0v) is 9.99. The SMILES string of the molecule is C.CC(C)C1Nc2cnccc2C1C(C)C. The van der Waals surface area contributed by atoms with E-state index in [-0.39, 0.29) is 7.43 Å². The maximum absolute atomic E-state index is 4.18. The third-order valence-electron chi connectivity index (χ3n) is 3.36. The molecule has 0 saturated heterocycles. The second kappa shape index (κ2) is 4.86. The van der Waals surface area contributed by atoms with Gasteiger partial charge in [-0.05, 0) is 23.5 Å². The summed E-state index contributed by atoms with van der Waals surface area (Å²) in [6, 6.07) is 2.72. The molecule has 0 fully saturated rings. The molecule has 16 heavy (non-hydrogen) atoms. The van der Waals surface area contributed by atoms with Crippen molar-refractivity contribution in [1.82, 2.24) is 4.98 Å². The van der Waals surface area contributed by atoms with Crippen LogP contribution >= 0.6 is 0 Å². The normalized spacial score (nSPS) is 22.9. The van der Waals surface area contributed by atoms with Gasteiger partial charge in [-0.2, -0.15) is 0 Å². The number of hydrogen-bond acceptors (Lipinski definition) is 2. The van der Waals surface area contributed by atoms with Crippen LogP contribution in [-0.4, -0.2) is 11.0 Å². The third-order valence-corrected chi connectivity index (χ3v) is 3.36. The van der Waals surface area contributed by atoms with E-state index in [0.717, 1.165) is 0 Å². The molecule has 0 amide bonds. The predicted octanol–water partition coefficient (Wildman–Crippen LogP) is 3.91. The van der Waals surface area contributed by atoms with Crippen molar-refractivity contribution in [3.8, 4) is 0 Å². The molecule has 0 bridgehead atoms. The highest BCUT2D eigenvalue weighted by atomic mass is 15.0. The Morgan fingerprint density at radius 3 is 2.44 bits per heavy atom. The summed E-state index contributed by atoms with van der Waals surface area (Å²) < 4.78 is 0. The van der Waals surface area contributed by atoms with Gasteiger partial charge in [0.1, 0.15) is 0 Å². The monoisotopic (exact) mass is 220 g/mol. The highest BCUT2D eigenvalue weighted by Crippen LogP contribution is 2.42. The van der Waals surface area contributed by atoms with Crippen molar-refractivity contribution in [1.29, 1.82) is 0 Å². The molecular weight excluding hydrogens is 196 g/mol. The second-order valence-electron chi connectivity index (χ2n) is 5.15. The zero-order valence-electron chi connectivity index (χ0n) is 9.99. The molecule has 2 heteroatoms. The summed E-state index contributed by atoms with van der Waals surface area (Å²) in [6.07, 6.45) is 3.85. The highest BCUT2D eigenvalue weighted by molar-refractivity contribution is 5.58. The molecule has 0 aromatic carbocycles. The molecule has 1 aromatic rings. The molecule has 2 atom stereocenters. The molecule has 0 aliphatic carbocycles. The topological polar surface area (TPSA) is 24.9 Å². The third kappa shape index (κ3) is 2.06. The maximum Gasteiger partial charge on any atom is 0.0565 e. The fourth-order valence-corrected chi connectivity index (χ4v) is 2.63. The Kier molecular flexibility index (Phi) is 3.95. The van der Waals surface area contributed by atoms with Crippen molar-refractivity contribution in [2.24, 2.45) is 11.8 Å². The first-order valence-electron chi connectivity index (χ1n) is 5.81. The van der Waals surface area contributed by atoms with Gasteiger partial charge in [-0.1, -0.05) is 35.1 Å². The maximum atomic E-state index is 4.18. The van der Waals surface area contributed by atoms with Gasteiger partial charge in [0.15, 0.2) is 0 Å². The van der Waals surface area contributed by atoms with E-state index in [1.807, 2.05) is 12.4 Å². The quantitative estimate of drug-likeness (QED) is 0.817. The van der Waals surface area contributed by atoms with Crippen molar-refractivity contribution in [2.75, 3.05) is 5.32 Å². The summed E-state index contributed by atoms with van der Waals surface area (Å²) in [5.74, 6) is 1.96. The van der Waals surface area contributed by atoms with Gasteiger partial charge in [0.2, 0.25) is 0 Å². The number of aromatic nitrogens is 1. The van der Waals surface area contributed by atoms with Crippen molar-refractivity contribution in [3.05, 3.63) is 24.0 Å². The first kappa shape index (κ1) is 13.0. The molecule has 1 aromatic heterocycles. The van der Waals surface area contributed by atoms with Gasteiger partial charge in [-0.25, -0.2) is 0 Å². The van der Waals surface area contributed by atoms with E-state index in [0.29, 0.717) is 23.8 Å². The Hall–Kier alpha value is -1.05. The molecule has 0 radical (unpaired) electrons. The van der Waals surface area contributed by atoms with Gasteiger partial charge in [-0.15, -0.1) is 0 Å².